The van der Waals surface area contributed by atoms with Crippen molar-refractivity contribution in [1.82, 2.24) is 14.8 Å². The minimum absolute atomic E-state index is 0.0695. The number of rotatable bonds is 5. The Hall–Kier alpha value is -2.45. The third-order valence-corrected chi connectivity index (χ3v) is 2.40. The van der Waals surface area contributed by atoms with Gasteiger partial charge in [-0.1, -0.05) is 0 Å². The number of nitrogens with zero attached hydrogens (tertiary/aromatic N) is 3. The van der Waals surface area contributed by atoms with E-state index in [0.717, 1.165) is 12.1 Å². The number of benzene rings is 1. The van der Waals surface area contributed by atoms with Crippen LogP contribution in [0.1, 0.15) is 5.82 Å². The first-order valence-electron chi connectivity index (χ1n) is 5.58. The van der Waals surface area contributed by atoms with Gasteiger partial charge in [0.15, 0.2) is 17.4 Å². The van der Waals surface area contributed by atoms with Crippen LogP contribution in [0.25, 0.3) is 0 Å². The number of nitrogens with two attached hydrogens (primary N) is 1. The minimum atomic E-state index is -3.11. The molecule has 0 amide bonds. The summed E-state index contributed by atoms with van der Waals surface area (Å²) >= 11 is 0. The van der Waals surface area contributed by atoms with Crippen LogP contribution < -0.4 is 15.8 Å². The Morgan fingerprint density at radius 3 is 2.80 bits per heavy atom. The Labute approximate surface area is 112 Å². The monoisotopic (exact) mass is 287 g/mol. The van der Waals surface area contributed by atoms with Crippen LogP contribution in [0.4, 0.5) is 24.5 Å². The second-order valence-corrected chi connectivity index (χ2v) is 3.94. The molecule has 6 nitrogen and oxygen atoms in total. The molecule has 20 heavy (non-hydrogen) atoms. The molecular weight excluding hydrogens is 275 g/mol. The summed E-state index contributed by atoms with van der Waals surface area (Å²) in [5.41, 5.74) is 5.93. The van der Waals surface area contributed by atoms with Crippen LogP contribution in [0.2, 0.25) is 0 Å². The number of nitrogens with one attached hydrogen (secondary N) is 1. The minimum Gasteiger partial charge on any atom is -0.432 e. The van der Waals surface area contributed by atoms with E-state index < -0.39 is 18.2 Å². The smallest absolute Gasteiger partial charge is 0.387 e. The zero-order valence-electron chi connectivity index (χ0n) is 10.5. The predicted molar refractivity (Wildman–Crippen MR) is 65.8 cm³/mol. The van der Waals surface area contributed by atoms with Crippen LogP contribution in [0.3, 0.4) is 0 Å². The summed E-state index contributed by atoms with van der Waals surface area (Å²) in [5, 5.41) is 6.85. The van der Waals surface area contributed by atoms with Gasteiger partial charge in [-0.15, -0.1) is 0 Å². The molecular formula is C11H12F3N5O. The first-order valence-corrected chi connectivity index (χ1v) is 5.58. The Bertz CT molecular complexity index is 602. The first kappa shape index (κ1) is 14.0. The van der Waals surface area contributed by atoms with Crippen molar-refractivity contribution in [3.05, 3.63) is 30.1 Å². The molecule has 0 saturated carbocycles. The molecule has 0 aliphatic heterocycles. The molecule has 1 aromatic carbocycles. The fourth-order valence-corrected chi connectivity index (χ4v) is 1.55. The lowest BCUT2D eigenvalue weighted by atomic mass is 10.2. The molecule has 0 unspecified atom stereocenters. The van der Waals surface area contributed by atoms with Gasteiger partial charge in [-0.3, -0.25) is 4.68 Å². The summed E-state index contributed by atoms with van der Waals surface area (Å²) in [5.74, 6) is -1.05. The maximum atomic E-state index is 13.4. The molecule has 2 aromatic rings. The van der Waals surface area contributed by atoms with Gasteiger partial charge in [0.2, 0.25) is 0 Å². The number of alkyl halides is 2. The Morgan fingerprint density at radius 1 is 1.45 bits per heavy atom. The lowest BCUT2D eigenvalue weighted by Crippen LogP contribution is -2.08. The predicted octanol–water partition coefficient (Wildman–Crippen LogP) is 1.75. The SMILES string of the molecule is Cn1cnc(CNc2cc(OC(F)F)c(F)cc2N)n1. The zero-order chi connectivity index (χ0) is 14.7. The number of halogens is 3. The van der Waals surface area contributed by atoms with Gasteiger partial charge in [-0.05, 0) is 0 Å². The highest BCUT2D eigenvalue weighted by atomic mass is 19.3. The van der Waals surface area contributed by atoms with Crippen molar-refractivity contribution in [2.75, 3.05) is 11.1 Å². The van der Waals surface area contributed by atoms with Crippen molar-refractivity contribution >= 4 is 11.4 Å². The lowest BCUT2D eigenvalue weighted by molar-refractivity contribution is -0.0521. The number of ether oxygens (including phenoxy) is 1. The van der Waals surface area contributed by atoms with Gasteiger partial charge >= 0.3 is 6.61 Å². The number of hydrogen-bond donors (Lipinski definition) is 2. The largest absolute Gasteiger partial charge is 0.432 e. The summed E-state index contributed by atoms with van der Waals surface area (Å²) in [6, 6.07) is 1.98. The fraction of sp³-hybridized carbons (Fsp3) is 0.273. The van der Waals surface area contributed by atoms with Crippen LogP contribution in [0.5, 0.6) is 5.75 Å². The van der Waals surface area contributed by atoms with Crippen LogP contribution in [0.15, 0.2) is 18.5 Å². The number of aromatic nitrogens is 3. The van der Waals surface area contributed by atoms with Gasteiger partial charge in [-0.25, -0.2) is 9.37 Å². The number of aryl methyl sites for hydroxylation is 1. The van der Waals surface area contributed by atoms with Crippen molar-refractivity contribution in [2.24, 2.45) is 7.05 Å². The number of hydrogen-bond acceptors (Lipinski definition) is 5. The molecule has 0 saturated heterocycles. The molecule has 0 aliphatic carbocycles. The van der Waals surface area contributed by atoms with Gasteiger partial charge in [0, 0.05) is 19.2 Å². The molecule has 0 bridgehead atoms. The van der Waals surface area contributed by atoms with E-state index >= 15 is 0 Å². The molecule has 0 atom stereocenters. The Morgan fingerprint density at radius 2 is 2.20 bits per heavy atom. The van der Waals surface area contributed by atoms with E-state index in [-0.39, 0.29) is 17.9 Å². The van der Waals surface area contributed by atoms with E-state index in [0.29, 0.717) is 5.82 Å². The second kappa shape index (κ2) is 5.68. The molecule has 0 spiro atoms. The Balaban J connectivity index is 2.14. The van der Waals surface area contributed by atoms with Gasteiger partial charge < -0.3 is 15.8 Å². The molecule has 0 aliphatic rings. The summed E-state index contributed by atoms with van der Waals surface area (Å²) in [7, 11) is 1.71. The van der Waals surface area contributed by atoms with Crippen molar-refractivity contribution in [3.8, 4) is 5.75 Å². The van der Waals surface area contributed by atoms with Crippen LogP contribution in [-0.2, 0) is 13.6 Å². The van der Waals surface area contributed by atoms with E-state index in [4.69, 9.17) is 5.73 Å². The average molecular weight is 287 g/mol. The van der Waals surface area contributed by atoms with Crippen molar-refractivity contribution in [3.63, 3.8) is 0 Å². The van der Waals surface area contributed by atoms with E-state index in [1.165, 1.54) is 11.0 Å². The average Bonchev–Trinajstić information content (AvgIpc) is 2.76. The van der Waals surface area contributed by atoms with E-state index in [9.17, 15) is 13.2 Å². The quantitative estimate of drug-likeness (QED) is 0.819. The number of anilines is 2. The molecule has 108 valence electrons. The van der Waals surface area contributed by atoms with E-state index in [2.05, 4.69) is 20.1 Å². The second-order valence-electron chi connectivity index (χ2n) is 3.94. The van der Waals surface area contributed by atoms with E-state index in [1.54, 1.807) is 7.05 Å². The first-order chi connectivity index (χ1) is 9.45. The normalized spacial score (nSPS) is 10.8. The Kier molecular flexibility index (Phi) is 3.97. The molecule has 2 rings (SSSR count). The van der Waals surface area contributed by atoms with Crippen molar-refractivity contribution in [2.45, 2.75) is 13.2 Å². The molecule has 0 fully saturated rings. The standard InChI is InChI=1S/C11H12F3N5O/c1-19-5-17-10(18-19)4-16-8-3-9(20-11(13)14)6(12)2-7(8)15/h2-3,5,11,16H,4,15H2,1H3. The van der Waals surface area contributed by atoms with Crippen LogP contribution >= 0.6 is 0 Å². The van der Waals surface area contributed by atoms with Gasteiger partial charge in [0.1, 0.15) is 6.33 Å². The topological polar surface area (TPSA) is 78.0 Å². The third kappa shape index (κ3) is 3.31. The van der Waals surface area contributed by atoms with Gasteiger partial charge in [0.25, 0.3) is 0 Å². The highest BCUT2D eigenvalue weighted by molar-refractivity contribution is 5.68. The molecule has 1 heterocycles. The maximum absolute atomic E-state index is 13.4. The highest BCUT2D eigenvalue weighted by Gasteiger charge is 2.13. The number of nitrogen functional groups attached to an aromatic ring is 1. The lowest BCUT2D eigenvalue weighted by Gasteiger charge is -2.11. The van der Waals surface area contributed by atoms with Crippen LogP contribution in [-0.4, -0.2) is 21.4 Å². The highest BCUT2D eigenvalue weighted by Crippen LogP contribution is 2.29. The molecule has 9 heteroatoms. The van der Waals surface area contributed by atoms with Gasteiger partial charge in [0.05, 0.1) is 17.9 Å². The van der Waals surface area contributed by atoms with Crippen molar-refractivity contribution in [1.29, 1.82) is 0 Å². The zero-order valence-corrected chi connectivity index (χ0v) is 10.5. The third-order valence-electron chi connectivity index (χ3n) is 2.40. The molecule has 3 N–H and O–H groups in total. The van der Waals surface area contributed by atoms with E-state index in [1.807, 2.05) is 0 Å². The summed E-state index contributed by atoms with van der Waals surface area (Å²) in [6.45, 7) is -2.90. The molecule has 1 aromatic heterocycles. The maximum Gasteiger partial charge on any atom is 0.387 e. The van der Waals surface area contributed by atoms with Gasteiger partial charge in [-0.2, -0.15) is 13.9 Å². The summed E-state index contributed by atoms with van der Waals surface area (Å²) in [4.78, 5) is 3.97. The molecule has 0 radical (unpaired) electrons. The summed E-state index contributed by atoms with van der Waals surface area (Å²) < 4.78 is 43.2. The summed E-state index contributed by atoms with van der Waals surface area (Å²) in [6.07, 6.45) is 1.51. The fourth-order valence-electron chi connectivity index (χ4n) is 1.55. The van der Waals surface area contributed by atoms with Crippen LogP contribution in [0, 0.1) is 5.82 Å². The van der Waals surface area contributed by atoms with Crippen molar-refractivity contribution < 1.29 is 17.9 Å².